The van der Waals surface area contributed by atoms with E-state index < -0.39 is 0 Å². The standard InChI is InChI=1S/C6H11NO.C3H8.C2H6/c8-5-6-3-1-2-4-7-6;1-3-2;1-2/h5-7H,1-4H2;3H2,1-2H3;1-2H3/t6-;;/m0../s1. The van der Waals surface area contributed by atoms with Gasteiger partial charge < -0.3 is 10.1 Å². The van der Waals surface area contributed by atoms with E-state index in [0.717, 1.165) is 19.3 Å². The van der Waals surface area contributed by atoms with Gasteiger partial charge in [-0.2, -0.15) is 0 Å². The van der Waals surface area contributed by atoms with Crippen LogP contribution in [-0.4, -0.2) is 18.9 Å². The maximum absolute atomic E-state index is 10.1. The largest absolute Gasteiger partial charge is 0.308 e. The summed E-state index contributed by atoms with van der Waals surface area (Å²) < 4.78 is 0. The first kappa shape index (κ1) is 15.1. The number of rotatable bonds is 1. The zero-order valence-electron chi connectivity index (χ0n) is 9.60. The average molecular weight is 187 g/mol. The normalized spacial score (nSPS) is 20.2. The van der Waals surface area contributed by atoms with Crippen molar-refractivity contribution in [2.45, 2.75) is 59.4 Å². The lowest BCUT2D eigenvalue weighted by Gasteiger charge is -2.17. The number of carbonyl (C=O) groups excluding carboxylic acids is 1. The van der Waals surface area contributed by atoms with Gasteiger partial charge in [0.15, 0.2) is 0 Å². The fourth-order valence-electron chi connectivity index (χ4n) is 0.995. The molecular weight excluding hydrogens is 162 g/mol. The minimum absolute atomic E-state index is 0.156. The highest BCUT2D eigenvalue weighted by molar-refractivity contribution is 5.57. The van der Waals surface area contributed by atoms with Crippen molar-refractivity contribution in [1.29, 1.82) is 0 Å². The summed E-state index contributed by atoms with van der Waals surface area (Å²) in [5.41, 5.74) is 0. The predicted molar refractivity (Wildman–Crippen MR) is 59.0 cm³/mol. The van der Waals surface area contributed by atoms with E-state index in [9.17, 15) is 4.79 Å². The third-order valence-electron chi connectivity index (χ3n) is 1.51. The van der Waals surface area contributed by atoms with Crippen LogP contribution in [0.1, 0.15) is 53.4 Å². The molecule has 1 atom stereocenters. The van der Waals surface area contributed by atoms with Gasteiger partial charge in [-0.15, -0.1) is 0 Å². The fraction of sp³-hybridized carbons (Fsp3) is 0.909. The van der Waals surface area contributed by atoms with Crippen molar-refractivity contribution in [2.24, 2.45) is 0 Å². The predicted octanol–water partition coefficient (Wildman–Crippen LogP) is 2.77. The molecule has 1 aliphatic rings. The van der Waals surface area contributed by atoms with Crippen LogP contribution >= 0.6 is 0 Å². The first-order chi connectivity index (χ1) is 6.35. The lowest BCUT2D eigenvalue weighted by atomic mass is 10.1. The van der Waals surface area contributed by atoms with Crippen molar-refractivity contribution in [2.75, 3.05) is 6.54 Å². The molecule has 1 N–H and O–H groups in total. The molecule has 13 heavy (non-hydrogen) atoms. The van der Waals surface area contributed by atoms with Crippen molar-refractivity contribution in [3.05, 3.63) is 0 Å². The molecule has 0 amide bonds. The number of nitrogens with one attached hydrogen (secondary N) is 1. The van der Waals surface area contributed by atoms with Crippen molar-refractivity contribution >= 4 is 6.29 Å². The topological polar surface area (TPSA) is 29.1 Å². The van der Waals surface area contributed by atoms with Crippen LogP contribution in [-0.2, 0) is 4.79 Å². The van der Waals surface area contributed by atoms with Crippen molar-refractivity contribution in [3.63, 3.8) is 0 Å². The van der Waals surface area contributed by atoms with Gasteiger partial charge in [0.2, 0.25) is 0 Å². The third-order valence-corrected chi connectivity index (χ3v) is 1.51. The Bertz CT molecular complexity index is 88.1. The summed E-state index contributed by atoms with van der Waals surface area (Å²) in [7, 11) is 0. The van der Waals surface area contributed by atoms with Gasteiger partial charge in [-0.3, -0.25) is 0 Å². The molecule has 0 aromatic rings. The van der Waals surface area contributed by atoms with Crippen LogP contribution in [0, 0.1) is 0 Å². The number of carbonyl (C=O) groups is 1. The van der Waals surface area contributed by atoms with Crippen molar-refractivity contribution in [3.8, 4) is 0 Å². The van der Waals surface area contributed by atoms with E-state index in [2.05, 4.69) is 19.2 Å². The summed E-state index contributed by atoms with van der Waals surface area (Å²) >= 11 is 0. The van der Waals surface area contributed by atoms with Gasteiger partial charge in [0, 0.05) is 0 Å². The van der Waals surface area contributed by atoms with E-state index in [1.807, 2.05) is 13.8 Å². The molecule has 0 unspecified atom stereocenters. The highest BCUT2D eigenvalue weighted by atomic mass is 16.1. The van der Waals surface area contributed by atoms with Gasteiger partial charge in [-0.05, 0) is 19.4 Å². The number of hydrogen-bond acceptors (Lipinski definition) is 2. The molecule has 80 valence electrons. The van der Waals surface area contributed by atoms with Crippen LogP contribution in [0.4, 0.5) is 0 Å². The number of aldehydes is 1. The minimum atomic E-state index is 0.156. The van der Waals surface area contributed by atoms with E-state index in [-0.39, 0.29) is 6.04 Å². The van der Waals surface area contributed by atoms with Crippen LogP contribution in [0.25, 0.3) is 0 Å². The molecule has 1 aliphatic heterocycles. The Morgan fingerprint density at radius 1 is 1.31 bits per heavy atom. The third kappa shape index (κ3) is 11.6. The second-order valence-corrected chi connectivity index (χ2v) is 2.90. The van der Waals surface area contributed by atoms with Crippen LogP contribution in [0.15, 0.2) is 0 Å². The van der Waals surface area contributed by atoms with Gasteiger partial charge in [0.1, 0.15) is 6.29 Å². The van der Waals surface area contributed by atoms with E-state index in [0.29, 0.717) is 0 Å². The van der Waals surface area contributed by atoms with Crippen LogP contribution in [0.3, 0.4) is 0 Å². The molecule has 0 radical (unpaired) electrons. The number of hydrogen-bond donors (Lipinski definition) is 1. The van der Waals surface area contributed by atoms with E-state index >= 15 is 0 Å². The number of piperidine rings is 1. The van der Waals surface area contributed by atoms with Gasteiger partial charge >= 0.3 is 0 Å². The summed E-state index contributed by atoms with van der Waals surface area (Å²) in [6.07, 6.45) is 5.71. The zero-order chi connectivity index (χ0) is 10.5. The van der Waals surface area contributed by atoms with Gasteiger partial charge in [-0.25, -0.2) is 0 Å². The molecule has 1 saturated heterocycles. The molecule has 2 heteroatoms. The lowest BCUT2D eigenvalue weighted by Crippen LogP contribution is -2.34. The average Bonchev–Trinajstić information content (AvgIpc) is 2.23. The lowest BCUT2D eigenvalue weighted by molar-refractivity contribution is -0.110. The molecule has 0 saturated carbocycles. The maximum Gasteiger partial charge on any atom is 0.136 e. The molecule has 0 aliphatic carbocycles. The highest BCUT2D eigenvalue weighted by Crippen LogP contribution is 2.03. The Morgan fingerprint density at radius 2 is 1.85 bits per heavy atom. The summed E-state index contributed by atoms with van der Waals surface area (Å²) in [6.45, 7) is 9.27. The Balaban J connectivity index is 0. The summed E-state index contributed by atoms with van der Waals surface area (Å²) in [5.74, 6) is 0. The van der Waals surface area contributed by atoms with E-state index in [1.165, 1.54) is 19.3 Å². The Morgan fingerprint density at radius 3 is 2.08 bits per heavy atom. The molecular formula is C11H25NO. The van der Waals surface area contributed by atoms with Gasteiger partial charge in [0.05, 0.1) is 6.04 Å². The second-order valence-electron chi connectivity index (χ2n) is 2.90. The summed E-state index contributed by atoms with van der Waals surface area (Å²) in [4.78, 5) is 10.1. The smallest absolute Gasteiger partial charge is 0.136 e. The quantitative estimate of drug-likeness (QED) is 0.640. The van der Waals surface area contributed by atoms with E-state index in [1.54, 1.807) is 0 Å². The first-order valence-electron chi connectivity index (χ1n) is 5.53. The SMILES string of the molecule is CC.CCC.O=C[C@@H]1CCCCN1. The molecule has 0 aromatic heterocycles. The molecule has 1 heterocycles. The minimum Gasteiger partial charge on any atom is -0.308 e. The van der Waals surface area contributed by atoms with Gasteiger partial charge in [0.25, 0.3) is 0 Å². The zero-order valence-corrected chi connectivity index (χ0v) is 9.60. The molecule has 1 rings (SSSR count). The molecule has 1 fully saturated rings. The van der Waals surface area contributed by atoms with Crippen LogP contribution < -0.4 is 5.32 Å². The summed E-state index contributed by atoms with van der Waals surface area (Å²) in [6, 6.07) is 0.156. The van der Waals surface area contributed by atoms with Crippen molar-refractivity contribution in [1.82, 2.24) is 5.32 Å². The Kier molecular flexibility index (Phi) is 16.5. The highest BCUT2D eigenvalue weighted by Gasteiger charge is 2.09. The summed E-state index contributed by atoms with van der Waals surface area (Å²) in [5, 5.41) is 3.10. The van der Waals surface area contributed by atoms with Crippen LogP contribution in [0.2, 0.25) is 0 Å². The van der Waals surface area contributed by atoms with E-state index in [4.69, 9.17) is 0 Å². The molecule has 2 nitrogen and oxygen atoms in total. The second kappa shape index (κ2) is 14.2. The Labute approximate surface area is 83.1 Å². The monoisotopic (exact) mass is 187 g/mol. The van der Waals surface area contributed by atoms with Gasteiger partial charge in [-0.1, -0.05) is 40.5 Å². The fourth-order valence-corrected chi connectivity index (χ4v) is 0.995. The van der Waals surface area contributed by atoms with Crippen molar-refractivity contribution < 1.29 is 4.79 Å². The Hall–Kier alpha value is -0.370. The molecule has 0 bridgehead atoms. The molecule has 0 aromatic carbocycles. The maximum atomic E-state index is 10.1. The van der Waals surface area contributed by atoms with Crippen LogP contribution in [0.5, 0.6) is 0 Å². The molecule has 0 spiro atoms. The first-order valence-corrected chi connectivity index (χ1v) is 5.53.